The first-order valence-electron chi connectivity index (χ1n) is 9.06. The molecule has 8 heteroatoms. The fourth-order valence-corrected chi connectivity index (χ4v) is 3.07. The first kappa shape index (κ1) is 17.9. The third kappa shape index (κ3) is 5.54. The van der Waals surface area contributed by atoms with E-state index in [1.54, 1.807) is 18.6 Å². The molecule has 2 fully saturated rings. The van der Waals surface area contributed by atoms with Gasteiger partial charge in [0.15, 0.2) is 0 Å². The van der Waals surface area contributed by atoms with Gasteiger partial charge in [0.1, 0.15) is 5.82 Å². The quantitative estimate of drug-likeness (QED) is 0.737. The third-order valence-corrected chi connectivity index (χ3v) is 4.51. The number of amides is 2. The lowest BCUT2D eigenvalue weighted by Crippen LogP contribution is -2.52. The van der Waals surface area contributed by atoms with E-state index in [1.807, 2.05) is 4.90 Å². The fourth-order valence-electron chi connectivity index (χ4n) is 3.07. The Balaban J connectivity index is 1.25. The molecule has 0 spiro atoms. The van der Waals surface area contributed by atoms with Crippen molar-refractivity contribution in [3.63, 3.8) is 0 Å². The summed E-state index contributed by atoms with van der Waals surface area (Å²) in [6.07, 6.45) is 8.42. The lowest BCUT2D eigenvalue weighted by atomic mass is 10.2. The SMILES string of the molecule is O=C(NCCCOC[C@H]1CCCO1)N1CCN(c2cnccn2)CC1. The number of nitrogens with one attached hydrogen (secondary N) is 1. The van der Waals surface area contributed by atoms with Crippen molar-refractivity contribution >= 4 is 11.8 Å². The number of carbonyl (C=O) groups is 1. The van der Waals surface area contributed by atoms with Crippen molar-refractivity contribution in [1.29, 1.82) is 0 Å². The Morgan fingerprint density at radius 3 is 2.92 bits per heavy atom. The minimum Gasteiger partial charge on any atom is -0.379 e. The molecule has 3 rings (SSSR count). The van der Waals surface area contributed by atoms with E-state index in [9.17, 15) is 4.79 Å². The largest absolute Gasteiger partial charge is 0.379 e. The lowest BCUT2D eigenvalue weighted by molar-refractivity contribution is 0.0167. The van der Waals surface area contributed by atoms with E-state index in [-0.39, 0.29) is 12.1 Å². The Labute approximate surface area is 148 Å². The average molecular weight is 349 g/mol. The number of carbonyl (C=O) groups excluding carboxylic acids is 1. The van der Waals surface area contributed by atoms with Crippen molar-refractivity contribution in [3.05, 3.63) is 18.6 Å². The smallest absolute Gasteiger partial charge is 0.317 e. The Hall–Kier alpha value is -1.93. The van der Waals surface area contributed by atoms with Crippen LogP contribution in [0.1, 0.15) is 19.3 Å². The van der Waals surface area contributed by atoms with Gasteiger partial charge < -0.3 is 24.6 Å². The zero-order chi connectivity index (χ0) is 17.3. The molecule has 2 saturated heterocycles. The van der Waals surface area contributed by atoms with Gasteiger partial charge in [-0.3, -0.25) is 4.98 Å². The topological polar surface area (TPSA) is 79.8 Å². The molecule has 0 bridgehead atoms. The molecule has 3 heterocycles. The normalized spacial score (nSPS) is 20.7. The predicted octanol–water partition coefficient (Wildman–Crippen LogP) is 0.894. The van der Waals surface area contributed by atoms with Crippen molar-refractivity contribution in [2.45, 2.75) is 25.4 Å². The van der Waals surface area contributed by atoms with Gasteiger partial charge in [0, 0.05) is 58.3 Å². The maximum absolute atomic E-state index is 12.2. The summed E-state index contributed by atoms with van der Waals surface area (Å²) < 4.78 is 11.1. The van der Waals surface area contributed by atoms with Crippen LogP contribution in [0.15, 0.2) is 18.6 Å². The van der Waals surface area contributed by atoms with Crippen LogP contribution in [0, 0.1) is 0 Å². The highest BCUT2D eigenvalue weighted by Crippen LogP contribution is 2.12. The van der Waals surface area contributed by atoms with Gasteiger partial charge in [0.25, 0.3) is 0 Å². The molecule has 1 aromatic heterocycles. The van der Waals surface area contributed by atoms with Gasteiger partial charge in [-0.15, -0.1) is 0 Å². The maximum atomic E-state index is 12.2. The number of rotatable bonds is 7. The number of ether oxygens (including phenoxy) is 2. The number of hydrogen-bond acceptors (Lipinski definition) is 6. The Bertz CT molecular complexity index is 516. The van der Waals surface area contributed by atoms with E-state index in [0.717, 1.165) is 44.8 Å². The molecular weight excluding hydrogens is 322 g/mol. The van der Waals surface area contributed by atoms with Gasteiger partial charge in [0.2, 0.25) is 0 Å². The molecule has 2 aliphatic heterocycles. The highest BCUT2D eigenvalue weighted by atomic mass is 16.5. The predicted molar refractivity (Wildman–Crippen MR) is 93.6 cm³/mol. The summed E-state index contributed by atoms with van der Waals surface area (Å²) in [4.78, 5) is 24.6. The van der Waals surface area contributed by atoms with Crippen LogP contribution in [0.2, 0.25) is 0 Å². The van der Waals surface area contributed by atoms with Crippen LogP contribution < -0.4 is 10.2 Å². The second-order valence-corrected chi connectivity index (χ2v) is 6.33. The second kappa shape index (κ2) is 9.53. The fraction of sp³-hybridized carbons (Fsp3) is 0.706. The van der Waals surface area contributed by atoms with E-state index in [4.69, 9.17) is 9.47 Å². The molecule has 138 valence electrons. The molecule has 0 aromatic carbocycles. The standard InChI is InChI=1S/C17H27N5O3/c23-17(20-4-2-11-24-14-15-3-1-12-25-15)22-9-7-21(8-10-22)16-13-18-5-6-19-16/h5-6,13,15H,1-4,7-12,14H2,(H,20,23)/t15-/m1/s1. The highest BCUT2D eigenvalue weighted by molar-refractivity contribution is 5.74. The Morgan fingerprint density at radius 2 is 2.20 bits per heavy atom. The highest BCUT2D eigenvalue weighted by Gasteiger charge is 2.21. The Kier molecular flexibility index (Phi) is 6.81. The minimum absolute atomic E-state index is 0.00192. The van der Waals surface area contributed by atoms with Crippen molar-refractivity contribution in [1.82, 2.24) is 20.2 Å². The molecule has 0 saturated carbocycles. The van der Waals surface area contributed by atoms with Crippen LogP contribution in [0.3, 0.4) is 0 Å². The lowest BCUT2D eigenvalue weighted by Gasteiger charge is -2.35. The summed E-state index contributed by atoms with van der Waals surface area (Å²) in [6.45, 7) is 5.74. The summed E-state index contributed by atoms with van der Waals surface area (Å²) >= 11 is 0. The van der Waals surface area contributed by atoms with E-state index in [1.165, 1.54) is 0 Å². The third-order valence-electron chi connectivity index (χ3n) is 4.51. The number of piperazine rings is 1. The van der Waals surface area contributed by atoms with Crippen LogP contribution in [-0.4, -0.2) is 79.5 Å². The van der Waals surface area contributed by atoms with Gasteiger partial charge >= 0.3 is 6.03 Å². The van der Waals surface area contributed by atoms with Crippen molar-refractivity contribution in [2.24, 2.45) is 0 Å². The Morgan fingerprint density at radius 1 is 1.32 bits per heavy atom. The van der Waals surface area contributed by atoms with Gasteiger partial charge in [-0.25, -0.2) is 9.78 Å². The number of hydrogen-bond donors (Lipinski definition) is 1. The van der Waals surface area contributed by atoms with Crippen LogP contribution in [0.4, 0.5) is 10.6 Å². The summed E-state index contributed by atoms with van der Waals surface area (Å²) in [6, 6.07) is -0.00192. The van der Waals surface area contributed by atoms with Crippen molar-refractivity contribution in [2.75, 3.05) is 57.4 Å². The van der Waals surface area contributed by atoms with Gasteiger partial charge in [-0.1, -0.05) is 0 Å². The molecule has 2 amide bonds. The molecule has 0 radical (unpaired) electrons. The molecule has 0 aliphatic carbocycles. The molecule has 1 aromatic rings. The summed E-state index contributed by atoms with van der Waals surface area (Å²) in [7, 11) is 0. The van der Waals surface area contributed by atoms with Crippen LogP contribution >= 0.6 is 0 Å². The summed E-state index contributed by atoms with van der Waals surface area (Å²) in [5.74, 6) is 0.867. The number of nitrogens with zero attached hydrogens (tertiary/aromatic N) is 4. The van der Waals surface area contributed by atoms with Crippen molar-refractivity contribution in [3.8, 4) is 0 Å². The van der Waals surface area contributed by atoms with Crippen LogP contribution in [-0.2, 0) is 9.47 Å². The average Bonchev–Trinajstić information content (AvgIpc) is 3.19. The van der Waals surface area contributed by atoms with E-state index in [0.29, 0.717) is 32.8 Å². The molecule has 0 unspecified atom stereocenters. The monoisotopic (exact) mass is 349 g/mol. The first-order chi connectivity index (χ1) is 12.3. The summed E-state index contributed by atoms with van der Waals surface area (Å²) in [5, 5.41) is 2.96. The van der Waals surface area contributed by atoms with Crippen LogP contribution in [0.25, 0.3) is 0 Å². The first-order valence-corrected chi connectivity index (χ1v) is 9.06. The van der Waals surface area contributed by atoms with Crippen molar-refractivity contribution < 1.29 is 14.3 Å². The molecule has 1 atom stereocenters. The minimum atomic E-state index is -0.00192. The zero-order valence-corrected chi connectivity index (χ0v) is 14.6. The molecular formula is C17H27N5O3. The van der Waals surface area contributed by atoms with E-state index >= 15 is 0 Å². The zero-order valence-electron chi connectivity index (χ0n) is 14.6. The van der Waals surface area contributed by atoms with E-state index < -0.39 is 0 Å². The van der Waals surface area contributed by atoms with Crippen LogP contribution in [0.5, 0.6) is 0 Å². The van der Waals surface area contributed by atoms with Gasteiger partial charge in [-0.05, 0) is 19.3 Å². The second-order valence-electron chi connectivity index (χ2n) is 6.33. The number of urea groups is 1. The number of aromatic nitrogens is 2. The van der Waals surface area contributed by atoms with Gasteiger partial charge in [0.05, 0.1) is 18.9 Å². The van der Waals surface area contributed by atoms with Gasteiger partial charge in [-0.2, -0.15) is 0 Å². The number of anilines is 1. The molecule has 25 heavy (non-hydrogen) atoms. The van der Waals surface area contributed by atoms with E-state index in [2.05, 4.69) is 20.2 Å². The molecule has 1 N–H and O–H groups in total. The summed E-state index contributed by atoms with van der Waals surface area (Å²) in [5.41, 5.74) is 0. The molecule has 8 nitrogen and oxygen atoms in total. The maximum Gasteiger partial charge on any atom is 0.317 e. The molecule has 2 aliphatic rings.